The summed E-state index contributed by atoms with van der Waals surface area (Å²) in [5.41, 5.74) is 2.14. The average molecular weight is 434 g/mol. The molecule has 0 aliphatic rings. The Balaban J connectivity index is 1.91. The zero-order valence-electron chi connectivity index (χ0n) is 15.6. The number of hydrogen-bond acceptors (Lipinski definition) is 4. The smallest absolute Gasteiger partial charge is 0.251 e. The van der Waals surface area contributed by atoms with Crippen LogP contribution in [0.15, 0.2) is 46.9 Å². The van der Waals surface area contributed by atoms with Gasteiger partial charge in [0.15, 0.2) is 0 Å². The lowest BCUT2D eigenvalue weighted by Crippen LogP contribution is -2.30. The summed E-state index contributed by atoms with van der Waals surface area (Å²) < 4.78 is 6.09. The largest absolute Gasteiger partial charge is 0.496 e. The second-order valence-corrected chi connectivity index (χ2v) is 6.84. The predicted molar refractivity (Wildman–Crippen MR) is 110 cm³/mol. The van der Waals surface area contributed by atoms with Crippen molar-refractivity contribution in [3.63, 3.8) is 0 Å². The van der Waals surface area contributed by atoms with Gasteiger partial charge in [-0.2, -0.15) is 0 Å². The molecule has 0 bridgehead atoms. The molecule has 0 aliphatic heterocycles. The Morgan fingerprint density at radius 3 is 2.63 bits per heavy atom. The summed E-state index contributed by atoms with van der Waals surface area (Å²) in [7, 11) is 1.62. The maximum Gasteiger partial charge on any atom is 0.251 e. The Morgan fingerprint density at radius 2 is 1.96 bits per heavy atom. The Kier molecular flexibility index (Phi) is 7.82. The van der Waals surface area contributed by atoms with Gasteiger partial charge in [-0.1, -0.05) is 12.1 Å². The summed E-state index contributed by atoms with van der Waals surface area (Å²) >= 11 is 3.46. The molecule has 6 nitrogen and oxygen atoms in total. The molecule has 0 aliphatic carbocycles. The number of methoxy groups -OCH3 is 1. The number of halogens is 1. The quantitative estimate of drug-likeness (QED) is 0.594. The number of carbonyl (C=O) groups is 2. The van der Waals surface area contributed by atoms with Crippen LogP contribution in [0.2, 0.25) is 0 Å². The molecule has 0 saturated heterocycles. The van der Waals surface area contributed by atoms with Crippen LogP contribution in [0.3, 0.4) is 0 Å². The summed E-state index contributed by atoms with van der Waals surface area (Å²) in [4.78, 5) is 24.1. The number of carbonyl (C=O) groups excluding carboxylic acids is 2. The molecule has 144 valence electrons. The normalized spacial score (nSPS) is 11.6. The van der Waals surface area contributed by atoms with E-state index in [1.807, 2.05) is 32.0 Å². The summed E-state index contributed by atoms with van der Waals surface area (Å²) in [6.07, 6.45) is 0. The van der Waals surface area contributed by atoms with E-state index in [1.54, 1.807) is 31.4 Å². The summed E-state index contributed by atoms with van der Waals surface area (Å²) in [6, 6.07) is 12.6. The molecule has 0 radical (unpaired) electrons. The molecule has 2 aromatic carbocycles. The van der Waals surface area contributed by atoms with Gasteiger partial charge in [0.05, 0.1) is 18.1 Å². The van der Waals surface area contributed by atoms with Crippen molar-refractivity contribution in [1.29, 1.82) is 0 Å². The summed E-state index contributed by atoms with van der Waals surface area (Å²) in [5.74, 6) is 0.420. The van der Waals surface area contributed by atoms with E-state index in [4.69, 9.17) is 4.74 Å². The van der Waals surface area contributed by atoms with Gasteiger partial charge in [0, 0.05) is 23.8 Å². The summed E-state index contributed by atoms with van der Waals surface area (Å²) in [5, 5.41) is 8.73. The molecule has 3 N–H and O–H groups in total. The van der Waals surface area contributed by atoms with Gasteiger partial charge in [0.25, 0.3) is 5.91 Å². The van der Waals surface area contributed by atoms with E-state index in [0.717, 1.165) is 15.8 Å². The first-order valence-corrected chi connectivity index (χ1v) is 9.48. The molecule has 27 heavy (non-hydrogen) atoms. The van der Waals surface area contributed by atoms with Crippen molar-refractivity contribution >= 4 is 33.4 Å². The molecule has 1 unspecified atom stereocenters. The Labute approximate surface area is 167 Å². The van der Waals surface area contributed by atoms with Crippen molar-refractivity contribution < 1.29 is 14.3 Å². The highest BCUT2D eigenvalue weighted by Gasteiger charge is 2.11. The van der Waals surface area contributed by atoms with Crippen molar-refractivity contribution in [1.82, 2.24) is 10.6 Å². The van der Waals surface area contributed by atoms with E-state index >= 15 is 0 Å². The first-order valence-electron chi connectivity index (χ1n) is 8.69. The van der Waals surface area contributed by atoms with Crippen molar-refractivity contribution in [3.05, 3.63) is 58.1 Å². The van der Waals surface area contributed by atoms with Crippen LogP contribution >= 0.6 is 15.9 Å². The van der Waals surface area contributed by atoms with E-state index in [-0.39, 0.29) is 24.4 Å². The second-order valence-electron chi connectivity index (χ2n) is 5.99. The SMILES string of the molecule is CCNC(=O)c1cccc(NC(=O)CNC(C)c2ccc(OC)c(Br)c2)c1. The van der Waals surface area contributed by atoms with Crippen LogP contribution in [0.25, 0.3) is 0 Å². The monoisotopic (exact) mass is 433 g/mol. The highest BCUT2D eigenvalue weighted by atomic mass is 79.9. The van der Waals surface area contributed by atoms with Crippen LogP contribution < -0.4 is 20.7 Å². The van der Waals surface area contributed by atoms with Gasteiger partial charge in [-0.25, -0.2) is 0 Å². The molecule has 0 fully saturated rings. The van der Waals surface area contributed by atoms with E-state index in [0.29, 0.717) is 17.8 Å². The van der Waals surface area contributed by atoms with Gasteiger partial charge >= 0.3 is 0 Å². The molecule has 2 amide bonds. The zero-order valence-corrected chi connectivity index (χ0v) is 17.2. The van der Waals surface area contributed by atoms with Crippen molar-refractivity contribution in [2.75, 3.05) is 25.5 Å². The number of anilines is 1. The third-order valence-corrected chi connectivity index (χ3v) is 4.61. The zero-order chi connectivity index (χ0) is 19.8. The van der Waals surface area contributed by atoms with E-state index in [1.165, 1.54) is 0 Å². The van der Waals surface area contributed by atoms with Crippen LogP contribution in [0.1, 0.15) is 35.8 Å². The van der Waals surface area contributed by atoms with E-state index in [2.05, 4.69) is 31.9 Å². The van der Waals surface area contributed by atoms with E-state index < -0.39 is 0 Å². The van der Waals surface area contributed by atoms with Gasteiger partial charge in [-0.05, 0) is 65.7 Å². The fourth-order valence-corrected chi connectivity index (χ4v) is 3.08. The average Bonchev–Trinajstić information content (AvgIpc) is 2.66. The van der Waals surface area contributed by atoms with Crippen LogP contribution in [0.5, 0.6) is 5.75 Å². The van der Waals surface area contributed by atoms with Crippen molar-refractivity contribution in [2.45, 2.75) is 19.9 Å². The Hall–Kier alpha value is -2.38. The number of ether oxygens (including phenoxy) is 1. The Bertz CT molecular complexity index is 811. The molecule has 0 aromatic heterocycles. The third kappa shape index (κ3) is 6.08. The minimum atomic E-state index is -0.178. The minimum absolute atomic E-state index is 0.0142. The fraction of sp³-hybridized carbons (Fsp3) is 0.300. The fourth-order valence-electron chi connectivity index (χ4n) is 2.52. The molecule has 0 saturated carbocycles. The molecule has 1 atom stereocenters. The van der Waals surface area contributed by atoms with Crippen molar-refractivity contribution in [3.8, 4) is 5.75 Å². The molecule has 2 rings (SSSR count). The highest BCUT2D eigenvalue weighted by Crippen LogP contribution is 2.27. The second kappa shape index (κ2) is 10.1. The maximum atomic E-state index is 12.2. The lowest BCUT2D eigenvalue weighted by Gasteiger charge is -2.15. The van der Waals surface area contributed by atoms with Gasteiger partial charge in [-0.3, -0.25) is 9.59 Å². The first-order chi connectivity index (χ1) is 12.9. The lowest BCUT2D eigenvalue weighted by molar-refractivity contribution is -0.115. The third-order valence-electron chi connectivity index (χ3n) is 3.99. The van der Waals surface area contributed by atoms with Crippen molar-refractivity contribution in [2.24, 2.45) is 0 Å². The number of benzene rings is 2. The van der Waals surface area contributed by atoms with E-state index in [9.17, 15) is 9.59 Å². The number of amides is 2. The highest BCUT2D eigenvalue weighted by molar-refractivity contribution is 9.10. The van der Waals surface area contributed by atoms with Gasteiger partial charge in [-0.15, -0.1) is 0 Å². The minimum Gasteiger partial charge on any atom is -0.496 e. The molecule has 2 aromatic rings. The number of hydrogen-bond donors (Lipinski definition) is 3. The number of nitrogens with one attached hydrogen (secondary N) is 3. The maximum absolute atomic E-state index is 12.2. The van der Waals surface area contributed by atoms with Crippen LogP contribution in [0, 0.1) is 0 Å². The van der Waals surface area contributed by atoms with Gasteiger partial charge in [0.2, 0.25) is 5.91 Å². The molecule has 0 spiro atoms. The molecular formula is C20H24BrN3O3. The molecular weight excluding hydrogens is 410 g/mol. The van der Waals surface area contributed by atoms with Crippen LogP contribution in [0.4, 0.5) is 5.69 Å². The predicted octanol–water partition coefficient (Wildman–Crippen LogP) is 3.50. The number of rotatable bonds is 8. The van der Waals surface area contributed by atoms with Crippen LogP contribution in [-0.2, 0) is 4.79 Å². The summed E-state index contributed by atoms with van der Waals surface area (Å²) in [6.45, 7) is 4.55. The van der Waals surface area contributed by atoms with Crippen LogP contribution in [-0.4, -0.2) is 32.0 Å². The standard InChI is InChI=1S/C20H24BrN3O3/c1-4-22-20(26)15-6-5-7-16(10-15)24-19(25)12-23-13(2)14-8-9-18(27-3)17(21)11-14/h5-11,13,23H,4,12H2,1-3H3,(H,22,26)(H,24,25). The van der Waals surface area contributed by atoms with Gasteiger partial charge in [0.1, 0.15) is 5.75 Å². The topological polar surface area (TPSA) is 79.5 Å². The molecule has 0 heterocycles. The lowest BCUT2D eigenvalue weighted by atomic mass is 10.1. The van der Waals surface area contributed by atoms with Gasteiger partial charge < -0.3 is 20.7 Å². The first kappa shape index (κ1) is 20.9. The Morgan fingerprint density at radius 1 is 1.19 bits per heavy atom. The molecule has 7 heteroatoms.